The molecule has 0 bridgehead atoms. The molecule has 1 N–H and O–H groups in total. The lowest BCUT2D eigenvalue weighted by Gasteiger charge is -2.35. The number of guanidine groups is 1. The smallest absolute Gasteiger partial charge is 0.266 e. The molecule has 0 amide bonds. The maximum atomic E-state index is 12.5. The SMILES string of the molecule is COc1cc2c(cc1OC)S(=O)(=O)NC(N1CCN(C)CC1)=N2. The summed E-state index contributed by atoms with van der Waals surface area (Å²) in [5.41, 5.74) is 0.357. The van der Waals surface area contributed by atoms with Crippen molar-refractivity contribution < 1.29 is 17.9 Å². The first-order chi connectivity index (χ1) is 10.9. The molecule has 1 saturated heterocycles. The number of hydrogen-bond acceptors (Lipinski definition) is 7. The summed E-state index contributed by atoms with van der Waals surface area (Å²) in [5, 5.41) is 0. The van der Waals surface area contributed by atoms with E-state index in [0.29, 0.717) is 23.1 Å². The zero-order valence-electron chi connectivity index (χ0n) is 13.4. The van der Waals surface area contributed by atoms with Crippen molar-refractivity contribution in [3.05, 3.63) is 12.1 Å². The van der Waals surface area contributed by atoms with Crippen molar-refractivity contribution in [1.82, 2.24) is 14.5 Å². The fourth-order valence-corrected chi connectivity index (χ4v) is 3.78. The van der Waals surface area contributed by atoms with Crippen molar-refractivity contribution in [2.24, 2.45) is 4.99 Å². The van der Waals surface area contributed by atoms with E-state index in [0.717, 1.165) is 26.2 Å². The van der Waals surface area contributed by atoms with Gasteiger partial charge in [0.05, 0.1) is 19.9 Å². The number of piperazine rings is 1. The Hall–Kier alpha value is -2.00. The van der Waals surface area contributed by atoms with Crippen molar-refractivity contribution in [2.75, 3.05) is 47.4 Å². The van der Waals surface area contributed by atoms with Crippen LogP contribution >= 0.6 is 0 Å². The van der Waals surface area contributed by atoms with Crippen LogP contribution in [0.1, 0.15) is 0 Å². The second-order valence-corrected chi connectivity index (χ2v) is 7.16. The molecule has 2 aliphatic rings. The minimum Gasteiger partial charge on any atom is -0.493 e. The lowest BCUT2D eigenvalue weighted by molar-refractivity contribution is 0.213. The molecule has 2 aliphatic heterocycles. The maximum absolute atomic E-state index is 12.5. The Kier molecular flexibility index (Phi) is 4.07. The van der Waals surface area contributed by atoms with E-state index in [2.05, 4.69) is 14.6 Å². The molecule has 0 aromatic heterocycles. The molecule has 3 rings (SSSR count). The topological polar surface area (TPSA) is 83.5 Å². The van der Waals surface area contributed by atoms with Gasteiger partial charge in [-0.25, -0.2) is 18.1 Å². The first kappa shape index (κ1) is 15.9. The van der Waals surface area contributed by atoms with E-state index in [9.17, 15) is 8.42 Å². The predicted molar refractivity (Wildman–Crippen MR) is 86.0 cm³/mol. The molecule has 0 aliphatic carbocycles. The molecule has 0 unspecified atom stereocenters. The number of benzene rings is 1. The van der Waals surface area contributed by atoms with Crippen LogP contribution in [0.2, 0.25) is 0 Å². The third kappa shape index (κ3) is 2.93. The van der Waals surface area contributed by atoms with Gasteiger partial charge >= 0.3 is 0 Å². The van der Waals surface area contributed by atoms with Gasteiger partial charge in [-0.2, -0.15) is 0 Å². The zero-order chi connectivity index (χ0) is 16.6. The molecular weight excluding hydrogens is 320 g/mol. The predicted octanol–water partition coefficient (Wildman–Crippen LogP) is 0.231. The summed E-state index contributed by atoms with van der Waals surface area (Å²) >= 11 is 0. The number of fused-ring (bicyclic) bond motifs is 1. The normalized spacial score (nSPS) is 20.3. The Morgan fingerprint density at radius 2 is 1.70 bits per heavy atom. The van der Waals surface area contributed by atoms with Crippen LogP contribution in [-0.2, 0) is 10.0 Å². The highest BCUT2D eigenvalue weighted by molar-refractivity contribution is 7.90. The minimum absolute atomic E-state index is 0.0908. The van der Waals surface area contributed by atoms with Gasteiger partial charge < -0.3 is 19.3 Å². The van der Waals surface area contributed by atoms with Gasteiger partial charge in [0.1, 0.15) is 4.90 Å². The largest absolute Gasteiger partial charge is 0.493 e. The second kappa shape index (κ2) is 5.89. The number of sulfonamides is 1. The summed E-state index contributed by atoms with van der Waals surface area (Å²) < 4.78 is 38.0. The monoisotopic (exact) mass is 340 g/mol. The second-order valence-electron chi connectivity index (χ2n) is 5.51. The molecule has 126 valence electrons. The molecule has 1 fully saturated rings. The Bertz CT molecular complexity index is 739. The van der Waals surface area contributed by atoms with Gasteiger partial charge in [-0.1, -0.05) is 0 Å². The highest BCUT2D eigenvalue weighted by Gasteiger charge is 2.31. The van der Waals surface area contributed by atoms with Crippen LogP contribution < -0.4 is 14.2 Å². The van der Waals surface area contributed by atoms with Gasteiger partial charge in [-0.05, 0) is 7.05 Å². The van der Waals surface area contributed by atoms with Gasteiger partial charge in [0, 0.05) is 38.3 Å². The van der Waals surface area contributed by atoms with Gasteiger partial charge in [0.2, 0.25) is 5.96 Å². The van der Waals surface area contributed by atoms with E-state index in [4.69, 9.17) is 9.47 Å². The molecule has 8 nitrogen and oxygen atoms in total. The number of nitrogens with one attached hydrogen (secondary N) is 1. The number of methoxy groups -OCH3 is 2. The zero-order valence-corrected chi connectivity index (χ0v) is 14.2. The van der Waals surface area contributed by atoms with Gasteiger partial charge in [0.25, 0.3) is 10.0 Å². The third-order valence-electron chi connectivity index (χ3n) is 4.01. The number of rotatable bonds is 2. The summed E-state index contributed by atoms with van der Waals surface area (Å²) in [5.74, 6) is 1.16. The first-order valence-electron chi connectivity index (χ1n) is 7.25. The molecule has 1 aromatic rings. The fraction of sp³-hybridized carbons (Fsp3) is 0.500. The summed E-state index contributed by atoms with van der Waals surface area (Å²) in [6, 6.07) is 3.02. The van der Waals surface area contributed by atoms with Crippen molar-refractivity contribution in [2.45, 2.75) is 4.90 Å². The Morgan fingerprint density at radius 3 is 2.30 bits per heavy atom. The number of hydrogen-bond donors (Lipinski definition) is 1. The van der Waals surface area contributed by atoms with Crippen LogP contribution in [0.15, 0.2) is 22.0 Å². The molecule has 0 saturated carbocycles. The molecule has 0 spiro atoms. The molecular formula is C14H20N4O4S. The van der Waals surface area contributed by atoms with Crippen molar-refractivity contribution >= 4 is 21.7 Å². The van der Waals surface area contributed by atoms with Crippen LogP contribution in [0.4, 0.5) is 5.69 Å². The minimum atomic E-state index is -3.68. The van der Waals surface area contributed by atoms with E-state index >= 15 is 0 Å². The molecule has 0 atom stereocenters. The maximum Gasteiger partial charge on any atom is 0.266 e. The van der Waals surface area contributed by atoms with Crippen LogP contribution in [-0.4, -0.2) is 71.6 Å². The average Bonchev–Trinajstić information content (AvgIpc) is 2.53. The molecule has 23 heavy (non-hydrogen) atoms. The quantitative estimate of drug-likeness (QED) is 0.830. The lowest BCUT2D eigenvalue weighted by Crippen LogP contribution is -2.53. The van der Waals surface area contributed by atoms with Crippen molar-refractivity contribution in [3.8, 4) is 11.5 Å². The summed E-state index contributed by atoms with van der Waals surface area (Å²) in [6.07, 6.45) is 0. The molecule has 9 heteroatoms. The summed E-state index contributed by atoms with van der Waals surface area (Å²) in [7, 11) is 1.32. The van der Waals surface area contributed by atoms with Gasteiger partial charge in [0.15, 0.2) is 11.5 Å². The molecule has 0 radical (unpaired) electrons. The van der Waals surface area contributed by atoms with Crippen LogP contribution in [0.25, 0.3) is 0 Å². The van der Waals surface area contributed by atoms with E-state index in [1.807, 2.05) is 11.9 Å². The number of nitrogens with zero attached hydrogens (tertiary/aromatic N) is 3. The number of ether oxygens (including phenoxy) is 2. The summed E-state index contributed by atoms with van der Waals surface area (Å²) in [4.78, 5) is 8.70. The van der Waals surface area contributed by atoms with Crippen molar-refractivity contribution in [3.63, 3.8) is 0 Å². The average molecular weight is 340 g/mol. The molecule has 2 heterocycles. The van der Waals surface area contributed by atoms with E-state index in [1.165, 1.54) is 20.3 Å². The van der Waals surface area contributed by atoms with Gasteiger partial charge in [-0.15, -0.1) is 0 Å². The fourth-order valence-electron chi connectivity index (χ4n) is 2.62. The summed E-state index contributed by atoms with van der Waals surface area (Å²) in [6.45, 7) is 3.17. The van der Waals surface area contributed by atoms with Crippen LogP contribution in [0.5, 0.6) is 11.5 Å². The van der Waals surface area contributed by atoms with E-state index < -0.39 is 10.0 Å². The standard InChI is InChI=1S/C14H20N4O4S/c1-17-4-6-18(7-5-17)14-15-10-8-11(21-2)12(22-3)9-13(10)23(19,20)16-14/h8-9H,4-7H2,1-3H3,(H,15,16). The lowest BCUT2D eigenvalue weighted by atomic mass is 10.2. The Labute approximate surface area is 135 Å². The molecule has 1 aromatic carbocycles. The van der Waals surface area contributed by atoms with E-state index in [1.54, 1.807) is 6.07 Å². The van der Waals surface area contributed by atoms with E-state index in [-0.39, 0.29) is 4.90 Å². The first-order valence-corrected chi connectivity index (χ1v) is 8.74. The highest BCUT2D eigenvalue weighted by atomic mass is 32.2. The van der Waals surface area contributed by atoms with Crippen LogP contribution in [0, 0.1) is 0 Å². The highest BCUT2D eigenvalue weighted by Crippen LogP contribution is 2.38. The third-order valence-corrected chi connectivity index (χ3v) is 5.37. The van der Waals surface area contributed by atoms with Gasteiger partial charge in [-0.3, -0.25) is 0 Å². The van der Waals surface area contributed by atoms with Crippen LogP contribution in [0.3, 0.4) is 0 Å². The Balaban J connectivity index is 2.03. The number of likely N-dealkylation sites (N-methyl/N-ethyl adjacent to an activating group) is 1. The number of aliphatic imine (C=N–C) groups is 1. The van der Waals surface area contributed by atoms with Crippen molar-refractivity contribution in [1.29, 1.82) is 0 Å². The Morgan fingerprint density at radius 1 is 1.09 bits per heavy atom.